The zero-order chi connectivity index (χ0) is 11.5. The Kier molecular flexibility index (Phi) is 2.93. The highest BCUT2D eigenvalue weighted by molar-refractivity contribution is 5.64. The zero-order valence-electron chi connectivity index (χ0n) is 9.89. The summed E-state index contributed by atoms with van der Waals surface area (Å²) in [6, 6.07) is 20.0. The molecule has 86 valence electrons. The lowest BCUT2D eigenvalue weighted by Gasteiger charge is -2.12. The number of hydrogen-bond acceptors (Lipinski definition) is 1. The Labute approximate surface area is 102 Å². The molecule has 0 aliphatic carbocycles. The van der Waals surface area contributed by atoms with Crippen molar-refractivity contribution in [2.45, 2.75) is 18.9 Å². The standard InChI is InChI=1S/C16H17N/c1-2-6-13(7-3-1)14-8-4-9-15(12-14)16-10-5-11-17-16/h1-4,6-9,12,16-17H,5,10-11H2/t16-/m1/s1. The highest BCUT2D eigenvalue weighted by Gasteiger charge is 2.16. The number of benzene rings is 2. The number of nitrogens with one attached hydrogen (secondary N) is 1. The van der Waals surface area contributed by atoms with Crippen molar-refractivity contribution in [1.82, 2.24) is 5.32 Å². The van der Waals surface area contributed by atoms with E-state index in [9.17, 15) is 0 Å². The monoisotopic (exact) mass is 223 g/mol. The summed E-state index contributed by atoms with van der Waals surface area (Å²) in [6.07, 6.45) is 2.55. The molecule has 0 aromatic heterocycles. The van der Waals surface area contributed by atoms with Crippen molar-refractivity contribution in [1.29, 1.82) is 0 Å². The van der Waals surface area contributed by atoms with Crippen molar-refractivity contribution >= 4 is 0 Å². The van der Waals surface area contributed by atoms with Crippen LogP contribution in [0.5, 0.6) is 0 Å². The summed E-state index contributed by atoms with van der Waals surface area (Å²) in [5.74, 6) is 0. The van der Waals surface area contributed by atoms with E-state index < -0.39 is 0 Å². The molecule has 1 N–H and O–H groups in total. The molecule has 1 fully saturated rings. The van der Waals surface area contributed by atoms with Crippen LogP contribution in [0.15, 0.2) is 54.6 Å². The van der Waals surface area contributed by atoms with E-state index in [1.54, 1.807) is 0 Å². The van der Waals surface area contributed by atoms with Gasteiger partial charge < -0.3 is 5.32 Å². The first-order valence-electron chi connectivity index (χ1n) is 6.32. The second-order valence-electron chi connectivity index (χ2n) is 4.64. The summed E-state index contributed by atoms with van der Waals surface area (Å²) in [5, 5.41) is 3.55. The molecule has 17 heavy (non-hydrogen) atoms. The molecule has 1 nitrogen and oxygen atoms in total. The molecule has 1 atom stereocenters. The maximum atomic E-state index is 3.55. The first kappa shape index (κ1) is 10.5. The molecule has 2 aromatic rings. The minimum atomic E-state index is 0.554. The molecule has 0 saturated carbocycles. The summed E-state index contributed by atoms with van der Waals surface area (Å²) >= 11 is 0. The van der Waals surface area contributed by atoms with Crippen molar-refractivity contribution < 1.29 is 0 Å². The van der Waals surface area contributed by atoms with Gasteiger partial charge in [-0.15, -0.1) is 0 Å². The Bertz CT molecular complexity index is 484. The lowest BCUT2D eigenvalue weighted by molar-refractivity contribution is 0.648. The van der Waals surface area contributed by atoms with Crippen LogP contribution in [-0.2, 0) is 0 Å². The van der Waals surface area contributed by atoms with Gasteiger partial charge in [0.05, 0.1) is 0 Å². The summed E-state index contributed by atoms with van der Waals surface area (Å²) in [6.45, 7) is 1.15. The minimum Gasteiger partial charge on any atom is -0.310 e. The molecule has 1 aliphatic heterocycles. The van der Waals surface area contributed by atoms with E-state index in [1.807, 2.05) is 0 Å². The lowest BCUT2D eigenvalue weighted by Crippen LogP contribution is -2.12. The van der Waals surface area contributed by atoms with Gasteiger partial charge in [0.25, 0.3) is 0 Å². The van der Waals surface area contributed by atoms with Crippen LogP contribution >= 0.6 is 0 Å². The van der Waals surface area contributed by atoms with Crippen molar-refractivity contribution in [3.63, 3.8) is 0 Å². The smallest absolute Gasteiger partial charge is 0.0320 e. The number of hydrogen-bond donors (Lipinski definition) is 1. The fraction of sp³-hybridized carbons (Fsp3) is 0.250. The Morgan fingerprint density at radius 3 is 2.47 bits per heavy atom. The lowest BCUT2D eigenvalue weighted by atomic mass is 9.99. The molecule has 1 saturated heterocycles. The average molecular weight is 223 g/mol. The van der Waals surface area contributed by atoms with E-state index >= 15 is 0 Å². The third-order valence-electron chi connectivity index (χ3n) is 3.46. The van der Waals surface area contributed by atoms with Gasteiger partial charge in [0.1, 0.15) is 0 Å². The normalized spacial score (nSPS) is 19.4. The third kappa shape index (κ3) is 2.25. The van der Waals surface area contributed by atoms with Crippen LogP contribution in [0.1, 0.15) is 24.4 Å². The fourth-order valence-corrected chi connectivity index (χ4v) is 2.53. The Hall–Kier alpha value is -1.60. The van der Waals surface area contributed by atoms with Gasteiger partial charge in [0.2, 0.25) is 0 Å². The van der Waals surface area contributed by atoms with E-state index in [0.29, 0.717) is 6.04 Å². The van der Waals surface area contributed by atoms with Crippen LogP contribution in [0.25, 0.3) is 11.1 Å². The molecule has 0 spiro atoms. The highest BCUT2D eigenvalue weighted by atomic mass is 14.9. The van der Waals surface area contributed by atoms with E-state index in [1.165, 1.54) is 29.5 Å². The van der Waals surface area contributed by atoms with E-state index in [2.05, 4.69) is 59.9 Å². The SMILES string of the molecule is c1ccc(-c2cccc([C@H]3CCCN3)c2)cc1. The second kappa shape index (κ2) is 4.72. The van der Waals surface area contributed by atoms with Crippen LogP contribution in [0.3, 0.4) is 0 Å². The Balaban J connectivity index is 1.94. The Morgan fingerprint density at radius 1 is 0.882 bits per heavy atom. The highest BCUT2D eigenvalue weighted by Crippen LogP contribution is 2.27. The molecule has 3 rings (SSSR count). The molecule has 2 aromatic carbocycles. The van der Waals surface area contributed by atoms with Gasteiger partial charge in [-0.3, -0.25) is 0 Å². The molecule has 0 amide bonds. The summed E-state index contributed by atoms with van der Waals surface area (Å²) in [5.41, 5.74) is 4.04. The van der Waals surface area contributed by atoms with Gasteiger partial charge in [-0.1, -0.05) is 48.5 Å². The maximum absolute atomic E-state index is 3.55. The maximum Gasteiger partial charge on any atom is 0.0320 e. The van der Waals surface area contributed by atoms with E-state index in [-0.39, 0.29) is 0 Å². The first-order chi connectivity index (χ1) is 8.43. The first-order valence-corrected chi connectivity index (χ1v) is 6.32. The third-order valence-corrected chi connectivity index (χ3v) is 3.46. The molecule has 1 heterocycles. The van der Waals surface area contributed by atoms with Gasteiger partial charge in [0, 0.05) is 6.04 Å². The molecule has 0 unspecified atom stereocenters. The van der Waals surface area contributed by atoms with Gasteiger partial charge in [-0.2, -0.15) is 0 Å². The van der Waals surface area contributed by atoms with Gasteiger partial charge in [-0.25, -0.2) is 0 Å². The van der Waals surface area contributed by atoms with Crippen LogP contribution in [-0.4, -0.2) is 6.54 Å². The molecule has 1 aliphatic rings. The molecule has 1 heteroatoms. The predicted octanol–water partition coefficient (Wildman–Crippen LogP) is 3.78. The Morgan fingerprint density at radius 2 is 1.71 bits per heavy atom. The largest absolute Gasteiger partial charge is 0.310 e. The van der Waals surface area contributed by atoms with Gasteiger partial charge in [0.15, 0.2) is 0 Å². The van der Waals surface area contributed by atoms with Crippen molar-refractivity contribution in [2.75, 3.05) is 6.54 Å². The van der Waals surface area contributed by atoms with Crippen molar-refractivity contribution in [3.8, 4) is 11.1 Å². The molecular weight excluding hydrogens is 206 g/mol. The number of rotatable bonds is 2. The molecule has 0 radical (unpaired) electrons. The van der Waals surface area contributed by atoms with E-state index in [4.69, 9.17) is 0 Å². The predicted molar refractivity (Wildman–Crippen MR) is 71.9 cm³/mol. The minimum absolute atomic E-state index is 0.554. The second-order valence-corrected chi connectivity index (χ2v) is 4.64. The van der Waals surface area contributed by atoms with Crippen LogP contribution < -0.4 is 5.32 Å². The van der Waals surface area contributed by atoms with Crippen LogP contribution in [0, 0.1) is 0 Å². The molecular formula is C16H17N. The van der Waals surface area contributed by atoms with Crippen molar-refractivity contribution in [3.05, 3.63) is 60.2 Å². The zero-order valence-corrected chi connectivity index (χ0v) is 9.89. The quantitative estimate of drug-likeness (QED) is 0.817. The molecule has 0 bridgehead atoms. The van der Waals surface area contributed by atoms with Gasteiger partial charge in [-0.05, 0) is 42.1 Å². The van der Waals surface area contributed by atoms with Crippen LogP contribution in [0.4, 0.5) is 0 Å². The van der Waals surface area contributed by atoms with Gasteiger partial charge >= 0.3 is 0 Å². The fourth-order valence-electron chi connectivity index (χ4n) is 2.53. The average Bonchev–Trinajstić information content (AvgIpc) is 2.94. The van der Waals surface area contributed by atoms with Crippen LogP contribution in [0.2, 0.25) is 0 Å². The van der Waals surface area contributed by atoms with E-state index in [0.717, 1.165) is 6.54 Å². The van der Waals surface area contributed by atoms with Crippen molar-refractivity contribution in [2.24, 2.45) is 0 Å². The summed E-state index contributed by atoms with van der Waals surface area (Å²) < 4.78 is 0. The topological polar surface area (TPSA) is 12.0 Å². The summed E-state index contributed by atoms with van der Waals surface area (Å²) in [4.78, 5) is 0. The summed E-state index contributed by atoms with van der Waals surface area (Å²) in [7, 11) is 0.